The summed E-state index contributed by atoms with van der Waals surface area (Å²) in [6.45, 7) is 2.22. The van der Waals surface area contributed by atoms with Crippen molar-refractivity contribution >= 4 is 5.91 Å². The number of hydrogen-bond donors (Lipinski definition) is 1. The van der Waals surface area contributed by atoms with E-state index in [1.807, 2.05) is 0 Å². The lowest BCUT2D eigenvalue weighted by Crippen LogP contribution is -2.35. The Morgan fingerprint density at radius 2 is 1.56 bits per heavy atom. The summed E-state index contributed by atoms with van der Waals surface area (Å²) in [5, 5.41) is 3.24. The highest BCUT2D eigenvalue weighted by molar-refractivity contribution is 5.76. The second-order valence-electron chi connectivity index (χ2n) is 5.77. The van der Waals surface area contributed by atoms with Gasteiger partial charge in [0.05, 0.1) is 0 Å². The van der Waals surface area contributed by atoms with Crippen molar-refractivity contribution in [3.63, 3.8) is 0 Å². The molecule has 0 heterocycles. The van der Waals surface area contributed by atoms with Crippen molar-refractivity contribution in [1.29, 1.82) is 0 Å². The van der Waals surface area contributed by atoms with Crippen molar-refractivity contribution in [2.75, 3.05) is 0 Å². The van der Waals surface area contributed by atoms with Gasteiger partial charge in [0.15, 0.2) is 0 Å². The summed E-state index contributed by atoms with van der Waals surface area (Å²) in [4.78, 5) is 11.8. The van der Waals surface area contributed by atoms with Gasteiger partial charge in [-0.25, -0.2) is 0 Å². The lowest BCUT2D eigenvalue weighted by Gasteiger charge is -2.21. The summed E-state index contributed by atoms with van der Waals surface area (Å²) in [5.41, 5.74) is 0. The molecule has 0 aliphatic heterocycles. The molecular formula is C16H31NO. The number of carbonyl (C=O) groups excluding carboxylic acids is 1. The molecule has 0 saturated heterocycles. The van der Waals surface area contributed by atoms with Gasteiger partial charge >= 0.3 is 0 Å². The molecule has 0 radical (unpaired) electrons. The van der Waals surface area contributed by atoms with Crippen LogP contribution in [-0.4, -0.2) is 11.9 Å². The summed E-state index contributed by atoms with van der Waals surface area (Å²) in [6, 6.07) is 0.466. The molecule has 0 bridgehead atoms. The van der Waals surface area contributed by atoms with Crippen LogP contribution in [0.5, 0.6) is 0 Å². The minimum Gasteiger partial charge on any atom is -0.353 e. The highest BCUT2D eigenvalue weighted by atomic mass is 16.1. The topological polar surface area (TPSA) is 29.1 Å². The molecule has 18 heavy (non-hydrogen) atoms. The number of unbranched alkanes of at least 4 members (excludes halogenated alkanes) is 4. The van der Waals surface area contributed by atoms with Crippen molar-refractivity contribution in [3.8, 4) is 0 Å². The fourth-order valence-corrected chi connectivity index (χ4v) is 2.79. The fraction of sp³-hybridized carbons (Fsp3) is 0.938. The second-order valence-corrected chi connectivity index (χ2v) is 5.77. The lowest BCUT2D eigenvalue weighted by molar-refractivity contribution is -0.122. The maximum Gasteiger partial charge on any atom is 0.220 e. The summed E-state index contributed by atoms with van der Waals surface area (Å²) in [7, 11) is 0. The Kier molecular flexibility index (Phi) is 8.97. The van der Waals surface area contributed by atoms with Gasteiger partial charge in [0.1, 0.15) is 0 Å². The van der Waals surface area contributed by atoms with E-state index in [2.05, 4.69) is 12.2 Å². The molecule has 0 atom stereocenters. The molecule has 1 aliphatic carbocycles. The maximum atomic E-state index is 11.8. The maximum absolute atomic E-state index is 11.8. The van der Waals surface area contributed by atoms with E-state index >= 15 is 0 Å². The molecule has 1 aliphatic rings. The normalized spacial score (nSPS) is 18.1. The van der Waals surface area contributed by atoms with Gasteiger partial charge in [0.2, 0.25) is 5.91 Å². The van der Waals surface area contributed by atoms with Gasteiger partial charge in [-0.1, -0.05) is 64.7 Å². The largest absolute Gasteiger partial charge is 0.353 e. The Morgan fingerprint density at radius 1 is 0.944 bits per heavy atom. The van der Waals surface area contributed by atoms with E-state index in [-0.39, 0.29) is 5.91 Å². The Labute approximate surface area is 113 Å². The highest BCUT2D eigenvalue weighted by Gasteiger charge is 2.13. The predicted molar refractivity (Wildman–Crippen MR) is 77.6 cm³/mol. The van der Waals surface area contributed by atoms with Crippen LogP contribution in [0.15, 0.2) is 0 Å². The third kappa shape index (κ3) is 7.73. The van der Waals surface area contributed by atoms with E-state index in [1.54, 1.807) is 0 Å². The monoisotopic (exact) mass is 253 g/mol. The number of nitrogens with one attached hydrogen (secondary N) is 1. The molecule has 1 fully saturated rings. The first-order valence-electron chi connectivity index (χ1n) is 8.12. The summed E-state index contributed by atoms with van der Waals surface area (Å²) >= 11 is 0. The molecule has 106 valence electrons. The van der Waals surface area contributed by atoms with Crippen molar-refractivity contribution in [2.24, 2.45) is 0 Å². The molecular weight excluding hydrogens is 222 g/mol. The van der Waals surface area contributed by atoms with Gasteiger partial charge in [-0.2, -0.15) is 0 Å². The van der Waals surface area contributed by atoms with Gasteiger partial charge in [-0.05, 0) is 19.3 Å². The molecule has 0 aromatic heterocycles. The van der Waals surface area contributed by atoms with Crippen LogP contribution >= 0.6 is 0 Å². The number of hydrogen-bond acceptors (Lipinski definition) is 1. The first-order chi connectivity index (χ1) is 8.83. The second kappa shape index (κ2) is 10.4. The Morgan fingerprint density at radius 3 is 2.22 bits per heavy atom. The number of carbonyl (C=O) groups is 1. The molecule has 0 spiro atoms. The summed E-state index contributed by atoms with van der Waals surface area (Å²) in [6.07, 6.45) is 16.0. The molecule has 0 aromatic carbocycles. The first-order valence-corrected chi connectivity index (χ1v) is 8.12. The third-order valence-electron chi connectivity index (χ3n) is 3.98. The smallest absolute Gasteiger partial charge is 0.220 e. The van der Waals surface area contributed by atoms with Crippen LogP contribution in [0.3, 0.4) is 0 Å². The Balaban J connectivity index is 2.06. The molecule has 0 unspecified atom stereocenters. The molecule has 1 rings (SSSR count). The minimum atomic E-state index is 0.289. The zero-order valence-electron chi connectivity index (χ0n) is 12.2. The average Bonchev–Trinajstić information content (AvgIpc) is 2.32. The quantitative estimate of drug-likeness (QED) is 0.661. The third-order valence-corrected chi connectivity index (χ3v) is 3.98. The zero-order valence-corrected chi connectivity index (χ0v) is 12.2. The molecule has 1 N–H and O–H groups in total. The van der Waals surface area contributed by atoms with E-state index in [4.69, 9.17) is 0 Å². The molecule has 1 amide bonds. The number of rotatable bonds is 7. The van der Waals surface area contributed by atoms with E-state index in [0.717, 1.165) is 12.8 Å². The molecule has 1 saturated carbocycles. The van der Waals surface area contributed by atoms with Crippen LogP contribution in [-0.2, 0) is 4.79 Å². The van der Waals surface area contributed by atoms with E-state index in [1.165, 1.54) is 70.6 Å². The summed E-state index contributed by atoms with van der Waals surface area (Å²) < 4.78 is 0. The Bertz CT molecular complexity index is 207. The van der Waals surface area contributed by atoms with Crippen LogP contribution in [0, 0.1) is 0 Å². The van der Waals surface area contributed by atoms with Crippen LogP contribution in [0.1, 0.15) is 90.4 Å². The van der Waals surface area contributed by atoms with Gasteiger partial charge < -0.3 is 5.32 Å². The van der Waals surface area contributed by atoms with Crippen LogP contribution < -0.4 is 5.32 Å². The lowest BCUT2D eigenvalue weighted by atomic mass is 9.96. The fourth-order valence-electron chi connectivity index (χ4n) is 2.79. The van der Waals surface area contributed by atoms with Crippen molar-refractivity contribution in [3.05, 3.63) is 0 Å². The molecule has 0 aromatic rings. The predicted octanol–water partition coefficient (Wildman–Crippen LogP) is 4.58. The van der Waals surface area contributed by atoms with Gasteiger partial charge in [0, 0.05) is 12.5 Å². The van der Waals surface area contributed by atoms with Gasteiger partial charge in [-0.3, -0.25) is 4.79 Å². The van der Waals surface area contributed by atoms with Gasteiger partial charge in [0.25, 0.3) is 0 Å². The van der Waals surface area contributed by atoms with Crippen molar-refractivity contribution in [1.82, 2.24) is 5.32 Å². The van der Waals surface area contributed by atoms with Crippen LogP contribution in [0.4, 0.5) is 0 Å². The van der Waals surface area contributed by atoms with E-state index < -0.39 is 0 Å². The zero-order chi connectivity index (χ0) is 13.1. The van der Waals surface area contributed by atoms with Crippen LogP contribution in [0.2, 0.25) is 0 Å². The Hall–Kier alpha value is -0.530. The van der Waals surface area contributed by atoms with E-state index in [0.29, 0.717) is 6.04 Å². The SMILES string of the molecule is CCCCCCCC(=O)NC1CCCCCCC1. The van der Waals surface area contributed by atoms with E-state index in [9.17, 15) is 4.79 Å². The minimum absolute atomic E-state index is 0.289. The van der Waals surface area contributed by atoms with Gasteiger partial charge in [-0.15, -0.1) is 0 Å². The van der Waals surface area contributed by atoms with Crippen molar-refractivity contribution in [2.45, 2.75) is 96.4 Å². The van der Waals surface area contributed by atoms with Crippen molar-refractivity contribution < 1.29 is 4.79 Å². The number of amides is 1. The average molecular weight is 253 g/mol. The molecule has 2 nitrogen and oxygen atoms in total. The molecule has 2 heteroatoms. The summed E-state index contributed by atoms with van der Waals surface area (Å²) in [5.74, 6) is 0.289. The highest BCUT2D eigenvalue weighted by Crippen LogP contribution is 2.17. The first kappa shape index (κ1) is 15.5. The van der Waals surface area contributed by atoms with Crippen LogP contribution in [0.25, 0.3) is 0 Å². The standard InChI is InChI=1S/C16H31NO/c1-2-3-4-6-11-14-16(18)17-15-12-9-7-5-8-10-13-15/h15H,2-14H2,1H3,(H,17,18).